The number of para-hydroxylation sites is 1. The van der Waals surface area contributed by atoms with Gasteiger partial charge < -0.3 is 14.8 Å². The van der Waals surface area contributed by atoms with Crippen LogP contribution in [0.15, 0.2) is 24.3 Å². The predicted molar refractivity (Wildman–Crippen MR) is 77.6 cm³/mol. The number of hydrogen-bond donors (Lipinski definition) is 1. The van der Waals surface area contributed by atoms with Gasteiger partial charge in [-0.25, -0.2) is 0 Å². The van der Waals surface area contributed by atoms with Crippen molar-refractivity contribution in [3.8, 4) is 5.75 Å². The van der Waals surface area contributed by atoms with Crippen LogP contribution in [0, 0.1) is 0 Å². The van der Waals surface area contributed by atoms with Crippen molar-refractivity contribution < 1.29 is 9.47 Å². The highest BCUT2D eigenvalue weighted by molar-refractivity contribution is 5.38. The Kier molecular flexibility index (Phi) is 4.48. The van der Waals surface area contributed by atoms with Crippen LogP contribution >= 0.6 is 0 Å². The third-order valence-corrected chi connectivity index (χ3v) is 3.81. The maximum Gasteiger partial charge on any atom is 0.124 e. The molecule has 0 saturated carbocycles. The molecule has 0 amide bonds. The number of ether oxygens (including phenoxy) is 2. The Morgan fingerprint density at radius 3 is 2.79 bits per heavy atom. The molecule has 0 spiro atoms. The third-order valence-electron chi connectivity index (χ3n) is 3.81. The first kappa shape index (κ1) is 14.4. The molecule has 1 heterocycles. The molecule has 3 heteroatoms. The monoisotopic (exact) mass is 263 g/mol. The summed E-state index contributed by atoms with van der Waals surface area (Å²) in [6.45, 7) is 7.34. The molecule has 2 atom stereocenters. The Labute approximate surface area is 116 Å². The summed E-state index contributed by atoms with van der Waals surface area (Å²) in [5.41, 5.74) is 1.13. The Bertz CT molecular complexity index is 417. The van der Waals surface area contributed by atoms with Gasteiger partial charge >= 0.3 is 0 Å². The van der Waals surface area contributed by atoms with Crippen molar-refractivity contribution in [2.24, 2.45) is 0 Å². The summed E-state index contributed by atoms with van der Waals surface area (Å²) in [4.78, 5) is 0. The van der Waals surface area contributed by atoms with Gasteiger partial charge in [0.1, 0.15) is 11.9 Å². The molecule has 0 aliphatic carbocycles. The Hall–Kier alpha value is -1.06. The minimum Gasteiger partial charge on any atom is -0.490 e. The molecule has 2 rings (SSSR count). The summed E-state index contributed by atoms with van der Waals surface area (Å²) in [7, 11) is 1.76. The van der Waals surface area contributed by atoms with Crippen LogP contribution in [0.25, 0.3) is 0 Å². The van der Waals surface area contributed by atoms with Gasteiger partial charge in [-0.05, 0) is 26.5 Å². The highest BCUT2D eigenvalue weighted by Crippen LogP contribution is 2.37. The van der Waals surface area contributed by atoms with Gasteiger partial charge in [0.2, 0.25) is 0 Å². The van der Waals surface area contributed by atoms with E-state index in [1.54, 1.807) is 7.11 Å². The molecule has 0 aromatic heterocycles. The number of fused-ring (bicyclic) bond motifs is 1. The lowest BCUT2D eigenvalue weighted by Crippen LogP contribution is -2.38. The molecule has 0 bridgehead atoms. The standard InChI is InChI=1S/C16H25NO2/c1-5-17-14-10-12(11-16(2,3)18-4)19-15-9-7-6-8-13(14)15/h6-9,12,14,17H,5,10-11H2,1-4H3. The Morgan fingerprint density at radius 1 is 1.37 bits per heavy atom. The lowest BCUT2D eigenvalue weighted by atomic mass is 9.90. The Morgan fingerprint density at radius 2 is 2.11 bits per heavy atom. The lowest BCUT2D eigenvalue weighted by molar-refractivity contribution is -0.0204. The van der Waals surface area contributed by atoms with Crippen LogP contribution in [0.4, 0.5) is 0 Å². The van der Waals surface area contributed by atoms with Crippen molar-refractivity contribution in [1.29, 1.82) is 0 Å². The van der Waals surface area contributed by atoms with Crippen molar-refractivity contribution in [1.82, 2.24) is 5.32 Å². The smallest absolute Gasteiger partial charge is 0.124 e. The molecular formula is C16H25NO2. The first-order valence-corrected chi connectivity index (χ1v) is 7.10. The Balaban J connectivity index is 2.15. The van der Waals surface area contributed by atoms with Crippen molar-refractivity contribution in [3.63, 3.8) is 0 Å². The second-order valence-electron chi connectivity index (χ2n) is 5.79. The predicted octanol–water partition coefficient (Wildman–Crippen LogP) is 3.30. The number of nitrogens with one attached hydrogen (secondary N) is 1. The van der Waals surface area contributed by atoms with Gasteiger partial charge in [-0.1, -0.05) is 25.1 Å². The van der Waals surface area contributed by atoms with Crippen LogP contribution in [0.2, 0.25) is 0 Å². The van der Waals surface area contributed by atoms with E-state index in [4.69, 9.17) is 9.47 Å². The summed E-state index contributed by atoms with van der Waals surface area (Å²) in [5, 5.41) is 3.55. The number of benzene rings is 1. The number of methoxy groups -OCH3 is 1. The van der Waals surface area contributed by atoms with Gasteiger partial charge in [0.15, 0.2) is 0 Å². The molecule has 1 aromatic rings. The lowest BCUT2D eigenvalue weighted by Gasteiger charge is -2.36. The molecule has 2 unspecified atom stereocenters. The molecule has 1 aliphatic rings. The highest BCUT2D eigenvalue weighted by Gasteiger charge is 2.31. The summed E-state index contributed by atoms with van der Waals surface area (Å²) in [5.74, 6) is 1.01. The quantitative estimate of drug-likeness (QED) is 0.884. The molecular weight excluding hydrogens is 238 g/mol. The third kappa shape index (κ3) is 3.48. The number of rotatable bonds is 5. The van der Waals surface area contributed by atoms with Crippen molar-refractivity contribution >= 4 is 0 Å². The van der Waals surface area contributed by atoms with Crippen LogP contribution in [0.5, 0.6) is 5.75 Å². The van der Waals surface area contributed by atoms with Gasteiger partial charge in [0.25, 0.3) is 0 Å². The minimum absolute atomic E-state index is 0.145. The largest absolute Gasteiger partial charge is 0.490 e. The van der Waals surface area contributed by atoms with Gasteiger partial charge in [-0.15, -0.1) is 0 Å². The summed E-state index contributed by atoms with van der Waals surface area (Å²) < 4.78 is 11.6. The topological polar surface area (TPSA) is 30.5 Å². The summed E-state index contributed by atoms with van der Waals surface area (Å²) in [6, 6.07) is 8.71. The maximum atomic E-state index is 6.13. The zero-order valence-electron chi connectivity index (χ0n) is 12.4. The van der Waals surface area contributed by atoms with E-state index >= 15 is 0 Å². The van der Waals surface area contributed by atoms with Crippen LogP contribution in [0.3, 0.4) is 0 Å². The molecule has 1 N–H and O–H groups in total. The normalized spacial score (nSPS) is 22.7. The van der Waals surface area contributed by atoms with E-state index in [0.717, 1.165) is 25.1 Å². The fraction of sp³-hybridized carbons (Fsp3) is 0.625. The van der Waals surface area contributed by atoms with Crippen molar-refractivity contribution in [2.45, 2.75) is 51.4 Å². The minimum atomic E-state index is -0.145. The van der Waals surface area contributed by atoms with E-state index in [0.29, 0.717) is 6.04 Å². The van der Waals surface area contributed by atoms with Crippen molar-refractivity contribution in [2.75, 3.05) is 13.7 Å². The molecule has 0 fully saturated rings. The van der Waals surface area contributed by atoms with Gasteiger partial charge in [-0.2, -0.15) is 0 Å². The van der Waals surface area contributed by atoms with E-state index in [1.807, 2.05) is 6.07 Å². The molecule has 1 aliphatic heterocycles. The fourth-order valence-electron chi connectivity index (χ4n) is 2.69. The first-order valence-electron chi connectivity index (χ1n) is 7.10. The molecule has 1 aromatic carbocycles. The molecule has 3 nitrogen and oxygen atoms in total. The van der Waals surface area contributed by atoms with E-state index in [9.17, 15) is 0 Å². The zero-order chi connectivity index (χ0) is 13.9. The van der Waals surface area contributed by atoms with Crippen LogP contribution in [0.1, 0.15) is 45.2 Å². The number of hydrogen-bond acceptors (Lipinski definition) is 3. The average Bonchev–Trinajstić information content (AvgIpc) is 2.39. The highest BCUT2D eigenvalue weighted by atomic mass is 16.5. The van der Waals surface area contributed by atoms with E-state index in [2.05, 4.69) is 44.3 Å². The SMILES string of the molecule is CCNC1CC(CC(C)(C)OC)Oc2ccccc21. The maximum absolute atomic E-state index is 6.13. The zero-order valence-corrected chi connectivity index (χ0v) is 12.4. The van der Waals surface area contributed by atoms with Crippen LogP contribution in [-0.4, -0.2) is 25.4 Å². The molecule has 106 valence electrons. The fourth-order valence-corrected chi connectivity index (χ4v) is 2.69. The summed E-state index contributed by atoms with van der Waals surface area (Å²) >= 11 is 0. The van der Waals surface area contributed by atoms with Crippen LogP contribution in [-0.2, 0) is 4.74 Å². The second kappa shape index (κ2) is 5.93. The van der Waals surface area contributed by atoms with Crippen LogP contribution < -0.4 is 10.1 Å². The van der Waals surface area contributed by atoms with E-state index in [1.165, 1.54) is 5.56 Å². The summed E-state index contributed by atoms with van der Waals surface area (Å²) in [6.07, 6.45) is 2.10. The van der Waals surface area contributed by atoms with Gasteiger partial charge in [0.05, 0.1) is 5.60 Å². The first-order chi connectivity index (χ1) is 9.05. The van der Waals surface area contributed by atoms with Gasteiger partial charge in [0, 0.05) is 31.6 Å². The van der Waals surface area contributed by atoms with Crippen molar-refractivity contribution in [3.05, 3.63) is 29.8 Å². The van der Waals surface area contributed by atoms with E-state index in [-0.39, 0.29) is 11.7 Å². The van der Waals surface area contributed by atoms with E-state index < -0.39 is 0 Å². The molecule has 0 radical (unpaired) electrons. The van der Waals surface area contributed by atoms with Gasteiger partial charge in [-0.3, -0.25) is 0 Å². The second-order valence-corrected chi connectivity index (χ2v) is 5.79. The molecule has 0 saturated heterocycles. The average molecular weight is 263 g/mol. The molecule has 19 heavy (non-hydrogen) atoms.